The number of carbonyl (C=O) groups excluding carboxylic acids is 2. The maximum atomic E-state index is 11.7. The Hall–Kier alpha value is -2.28. The van der Waals surface area contributed by atoms with Gasteiger partial charge in [-0.05, 0) is 38.0 Å². The number of benzene rings is 1. The SMILES string of the molecule is C#CC(C)OC(=O)CCC(=O)Oc1cccc(C)c1C. The van der Waals surface area contributed by atoms with Gasteiger partial charge >= 0.3 is 11.9 Å². The topological polar surface area (TPSA) is 52.6 Å². The van der Waals surface area contributed by atoms with E-state index in [1.807, 2.05) is 26.0 Å². The van der Waals surface area contributed by atoms with Crippen molar-refractivity contribution in [1.29, 1.82) is 0 Å². The fraction of sp³-hybridized carbons (Fsp3) is 0.375. The van der Waals surface area contributed by atoms with Gasteiger partial charge in [0, 0.05) is 0 Å². The minimum Gasteiger partial charge on any atom is -0.449 e. The molecule has 0 spiro atoms. The van der Waals surface area contributed by atoms with Crippen LogP contribution in [0.15, 0.2) is 18.2 Å². The Morgan fingerprint density at radius 3 is 2.55 bits per heavy atom. The summed E-state index contributed by atoms with van der Waals surface area (Å²) < 4.78 is 10.1. The number of aryl methyl sites for hydroxylation is 1. The molecule has 0 aliphatic rings. The molecule has 4 nitrogen and oxygen atoms in total. The quantitative estimate of drug-likeness (QED) is 0.470. The maximum Gasteiger partial charge on any atom is 0.311 e. The molecule has 1 aromatic rings. The first-order valence-electron chi connectivity index (χ1n) is 6.36. The third-order valence-corrected chi connectivity index (χ3v) is 2.85. The Morgan fingerprint density at radius 1 is 1.25 bits per heavy atom. The number of terminal acetylenes is 1. The molecule has 0 radical (unpaired) electrons. The number of ether oxygens (including phenoxy) is 2. The van der Waals surface area contributed by atoms with Crippen LogP contribution in [0.1, 0.15) is 30.9 Å². The van der Waals surface area contributed by atoms with Crippen LogP contribution in [0.3, 0.4) is 0 Å². The van der Waals surface area contributed by atoms with E-state index in [9.17, 15) is 9.59 Å². The summed E-state index contributed by atoms with van der Waals surface area (Å²) in [5.41, 5.74) is 1.95. The summed E-state index contributed by atoms with van der Waals surface area (Å²) in [7, 11) is 0. The van der Waals surface area contributed by atoms with Crippen molar-refractivity contribution < 1.29 is 19.1 Å². The molecule has 0 aliphatic heterocycles. The van der Waals surface area contributed by atoms with Crippen molar-refractivity contribution in [1.82, 2.24) is 0 Å². The van der Waals surface area contributed by atoms with Crippen LogP contribution in [0.25, 0.3) is 0 Å². The zero-order valence-electron chi connectivity index (χ0n) is 11.9. The molecular formula is C16H18O4. The Balaban J connectivity index is 2.47. The predicted octanol–water partition coefficient (Wildman–Crippen LogP) is 2.55. The van der Waals surface area contributed by atoms with Crippen molar-refractivity contribution >= 4 is 11.9 Å². The highest BCUT2D eigenvalue weighted by molar-refractivity contribution is 5.79. The van der Waals surface area contributed by atoms with E-state index in [1.165, 1.54) is 0 Å². The second-order valence-corrected chi connectivity index (χ2v) is 4.47. The monoisotopic (exact) mass is 274 g/mol. The van der Waals surface area contributed by atoms with Crippen LogP contribution < -0.4 is 4.74 Å². The standard InChI is InChI=1S/C16H18O4/c1-5-12(3)19-15(17)9-10-16(18)20-14-8-6-7-11(2)13(14)4/h1,6-8,12H,9-10H2,2-4H3. The normalized spacial score (nSPS) is 11.3. The summed E-state index contributed by atoms with van der Waals surface area (Å²) in [5.74, 6) is 1.82. The highest BCUT2D eigenvalue weighted by Crippen LogP contribution is 2.21. The third kappa shape index (κ3) is 4.77. The number of hydrogen-bond donors (Lipinski definition) is 0. The molecule has 1 unspecified atom stereocenters. The number of carbonyl (C=O) groups is 2. The molecule has 0 fully saturated rings. The van der Waals surface area contributed by atoms with E-state index in [1.54, 1.807) is 13.0 Å². The molecule has 4 heteroatoms. The predicted molar refractivity (Wildman–Crippen MR) is 75.2 cm³/mol. The average molecular weight is 274 g/mol. The molecule has 0 amide bonds. The van der Waals surface area contributed by atoms with Gasteiger partial charge in [0.2, 0.25) is 0 Å². The minimum atomic E-state index is -0.586. The molecule has 0 saturated heterocycles. The van der Waals surface area contributed by atoms with Gasteiger partial charge in [-0.25, -0.2) is 0 Å². The molecule has 0 aliphatic carbocycles. The van der Waals surface area contributed by atoms with Crippen molar-refractivity contribution in [2.75, 3.05) is 0 Å². The van der Waals surface area contributed by atoms with Crippen molar-refractivity contribution in [2.24, 2.45) is 0 Å². The molecule has 1 aromatic carbocycles. The van der Waals surface area contributed by atoms with Crippen LogP contribution in [0, 0.1) is 26.2 Å². The lowest BCUT2D eigenvalue weighted by Crippen LogP contribution is -2.16. The first-order valence-corrected chi connectivity index (χ1v) is 6.36. The van der Waals surface area contributed by atoms with Gasteiger partial charge in [0.25, 0.3) is 0 Å². The Labute approximate surface area is 119 Å². The molecule has 0 aromatic heterocycles. The maximum absolute atomic E-state index is 11.7. The van der Waals surface area contributed by atoms with Crippen molar-refractivity contribution in [2.45, 2.75) is 39.7 Å². The molecule has 1 rings (SSSR count). The van der Waals surface area contributed by atoms with E-state index >= 15 is 0 Å². The van der Waals surface area contributed by atoms with Gasteiger partial charge in [0.1, 0.15) is 5.75 Å². The zero-order valence-corrected chi connectivity index (χ0v) is 11.9. The third-order valence-electron chi connectivity index (χ3n) is 2.85. The van der Waals surface area contributed by atoms with Crippen LogP contribution in [0.5, 0.6) is 5.75 Å². The van der Waals surface area contributed by atoms with E-state index < -0.39 is 18.0 Å². The fourth-order valence-electron chi connectivity index (χ4n) is 1.50. The second kappa shape index (κ2) is 7.34. The summed E-state index contributed by atoms with van der Waals surface area (Å²) in [4.78, 5) is 23.0. The summed E-state index contributed by atoms with van der Waals surface area (Å²) in [6, 6.07) is 5.47. The largest absolute Gasteiger partial charge is 0.449 e. The molecule has 0 saturated carbocycles. The van der Waals surface area contributed by atoms with Gasteiger partial charge < -0.3 is 9.47 Å². The molecule has 106 valence electrons. The highest BCUT2D eigenvalue weighted by Gasteiger charge is 2.13. The van der Waals surface area contributed by atoms with Gasteiger partial charge in [0.15, 0.2) is 6.10 Å². The Bertz CT molecular complexity index is 540. The van der Waals surface area contributed by atoms with Gasteiger partial charge in [-0.3, -0.25) is 9.59 Å². The van der Waals surface area contributed by atoms with Crippen LogP contribution in [0.4, 0.5) is 0 Å². The molecule has 20 heavy (non-hydrogen) atoms. The summed E-state index contributed by atoms with van der Waals surface area (Å²) in [6.45, 7) is 5.40. The van der Waals surface area contributed by atoms with Gasteiger partial charge in [-0.2, -0.15) is 0 Å². The number of esters is 2. The first kappa shape index (κ1) is 15.8. The molecular weight excluding hydrogens is 256 g/mol. The van der Waals surface area contributed by atoms with E-state index in [0.717, 1.165) is 11.1 Å². The average Bonchev–Trinajstić information content (AvgIpc) is 2.41. The summed E-state index contributed by atoms with van der Waals surface area (Å²) in [5, 5.41) is 0. The van der Waals surface area contributed by atoms with Crippen LogP contribution in [-0.2, 0) is 14.3 Å². The fourth-order valence-corrected chi connectivity index (χ4v) is 1.50. The number of hydrogen-bond acceptors (Lipinski definition) is 4. The zero-order chi connectivity index (χ0) is 15.1. The highest BCUT2D eigenvalue weighted by atomic mass is 16.5. The Morgan fingerprint density at radius 2 is 1.90 bits per heavy atom. The Kier molecular flexibility index (Phi) is 5.79. The lowest BCUT2D eigenvalue weighted by molar-refractivity contribution is -0.148. The van der Waals surface area contributed by atoms with E-state index in [-0.39, 0.29) is 12.8 Å². The summed E-state index contributed by atoms with van der Waals surface area (Å²) >= 11 is 0. The van der Waals surface area contributed by atoms with E-state index in [2.05, 4.69) is 5.92 Å². The van der Waals surface area contributed by atoms with Gasteiger partial charge in [-0.15, -0.1) is 6.42 Å². The van der Waals surface area contributed by atoms with E-state index in [0.29, 0.717) is 5.75 Å². The van der Waals surface area contributed by atoms with Crippen molar-refractivity contribution in [3.05, 3.63) is 29.3 Å². The van der Waals surface area contributed by atoms with Gasteiger partial charge in [0.05, 0.1) is 12.8 Å². The van der Waals surface area contributed by atoms with E-state index in [4.69, 9.17) is 15.9 Å². The first-order chi connectivity index (χ1) is 9.43. The number of rotatable bonds is 5. The molecule has 0 N–H and O–H groups in total. The van der Waals surface area contributed by atoms with Crippen LogP contribution in [-0.4, -0.2) is 18.0 Å². The lowest BCUT2D eigenvalue weighted by Gasteiger charge is -2.09. The van der Waals surface area contributed by atoms with Crippen molar-refractivity contribution in [3.63, 3.8) is 0 Å². The van der Waals surface area contributed by atoms with Crippen LogP contribution in [0.2, 0.25) is 0 Å². The smallest absolute Gasteiger partial charge is 0.311 e. The second-order valence-electron chi connectivity index (χ2n) is 4.47. The molecule has 0 heterocycles. The molecule has 1 atom stereocenters. The van der Waals surface area contributed by atoms with Gasteiger partial charge in [-0.1, -0.05) is 18.1 Å². The van der Waals surface area contributed by atoms with Crippen LogP contribution >= 0.6 is 0 Å². The minimum absolute atomic E-state index is 0.0382. The van der Waals surface area contributed by atoms with Crippen molar-refractivity contribution in [3.8, 4) is 18.1 Å². The lowest BCUT2D eigenvalue weighted by atomic mass is 10.1. The molecule has 0 bridgehead atoms. The summed E-state index contributed by atoms with van der Waals surface area (Å²) in [6.07, 6.45) is 4.42.